The molecule has 0 radical (unpaired) electrons. The SMILES string of the molecule is Cl.O=C(O)C(F)(F)c1ccc(Cl)cc1. The van der Waals surface area contributed by atoms with Crippen LogP contribution in [0.3, 0.4) is 0 Å². The van der Waals surface area contributed by atoms with Crippen LogP contribution in [0, 0.1) is 0 Å². The van der Waals surface area contributed by atoms with Gasteiger partial charge in [0, 0.05) is 10.6 Å². The monoisotopic (exact) mass is 242 g/mol. The van der Waals surface area contributed by atoms with Crippen LogP contribution < -0.4 is 0 Å². The predicted molar refractivity (Wildman–Crippen MR) is 50.2 cm³/mol. The highest BCUT2D eigenvalue weighted by atomic mass is 35.5. The van der Waals surface area contributed by atoms with Gasteiger partial charge in [-0.1, -0.05) is 23.7 Å². The molecule has 0 aliphatic rings. The number of benzene rings is 1. The fourth-order valence-corrected chi connectivity index (χ4v) is 0.909. The molecule has 0 aliphatic carbocycles. The van der Waals surface area contributed by atoms with Gasteiger partial charge in [0.2, 0.25) is 0 Å². The van der Waals surface area contributed by atoms with Gasteiger partial charge in [-0.2, -0.15) is 8.78 Å². The molecule has 1 aromatic carbocycles. The van der Waals surface area contributed by atoms with Gasteiger partial charge < -0.3 is 5.11 Å². The lowest BCUT2D eigenvalue weighted by molar-refractivity contribution is -0.166. The molecule has 6 heteroatoms. The third-order valence-corrected chi connectivity index (χ3v) is 1.73. The van der Waals surface area contributed by atoms with E-state index in [1.807, 2.05) is 0 Å². The highest BCUT2D eigenvalue weighted by Gasteiger charge is 2.40. The molecule has 0 unspecified atom stereocenters. The van der Waals surface area contributed by atoms with Crippen molar-refractivity contribution >= 4 is 30.0 Å². The normalized spacial score (nSPS) is 10.5. The second kappa shape index (κ2) is 4.57. The lowest BCUT2D eigenvalue weighted by atomic mass is 10.1. The Labute approximate surface area is 89.9 Å². The van der Waals surface area contributed by atoms with Crippen LogP contribution in [0.4, 0.5) is 8.78 Å². The Balaban J connectivity index is 0.00000169. The number of rotatable bonds is 2. The maximum Gasteiger partial charge on any atom is 0.379 e. The average molecular weight is 243 g/mol. The molecular weight excluding hydrogens is 237 g/mol. The Morgan fingerprint density at radius 3 is 2.07 bits per heavy atom. The molecule has 2 nitrogen and oxygen atoms in total. The van der Waals surface area contributed by atoms with Crippen molar-refractivity contribution in [2.24, 2.45) is 0 Å². The van der Waals surface area contributed by atoms with Crippen molar-refractivity contribution in [3.63, 3.8) is 0 Å². The molecule has 0 atom stereocenters. The van der Waals surface area contributed by atoms with Crippen LogP contribution in [0.2, 0.25) is 5.02 Å². The highest BCUT2D eigenvalue weighted by Crippen LogP contribution is 2.28. The average Bonchev–Trinajstić information content (AvgIpc) is 2.04. The number of aliphatic carboxylic acids is 1. The van der Waals surface area contributed by atoms with E-state index in [-0.39, 0.29) is 17.4 Å². The van der Waals surface area contributed by atoms with Crippen LogP contribution in [0.1, 0.15) is 5.56 Å². The van der Waals surface area contributed by atoms with Gasteiger partial charge in [-0.25, -0.2) is 4.79 Å². The molecule has 1 N–H and O–H groups in total. The van der Waals surface area contributed by atoms with Gasteiger partial charge in [-0.15, -0.1) is 12.4 Å². The molecule has 78 valence electrons. The van der Waals surface area contributed by atoms with Crippen LogP contribution in [0.25, 0.3) is 0 Å². The molecule has 0 fully saturated rings. The summed E-state index contributed by atoms with van der Waals surface area (Å²) in [5.74, 6) is -6.03. The van der Waals surface area contributed by atoms with E-state index >= 15 is 0 Å². The molecule has 0 amide bonds. The van der Waals surface area contributed by atoms with Crippen LogP contribution in [0.5, 0.6) is 0 Å². The molecule has 0 aromatic heterocycles. The zero-order valence-corrected chi connectivity index (χ0v) is 8.28. The van der Waals surface area contributed by atoms with Crippen LogP contribution >= 0.6 is 24.0 Å². The summed E-state index contributed by atoms with van der Waals surface area (Å²) in [7, 11) is 0. The van der Waals surface area contributed by atoms with E-state index in [9.17, 15) is 13.6 Å². The van der Waals surface area contributed by atoms with Crippen molar-refractivity contribution in [3.05, 3.63) is 34.9 Å². The van der Waals surface area contributed by atoms with E-state index in [1.165, 1.54) is 12.1 Å². The molecule has 0 bridgehead atoms. The quantitative estimate of drug-likeness (QED) is 0.866. The molecule has 0 heterocycles. The van der Waals surface area contributed by atoms with Gasteiger partial charge in [-0.3, -0.25) is 0 Å². The Bertz CT molecular complexity index is 325. The van der Waals surface area contributed by atoms with Crippen LogP contribution in [-0.2, 0) is 10.7 Å². The maximum absolute atomic E-state index is 12.8. The first-order chi connectivity index (χ1) is 5.94. The second-order valence-electron chi connectivity index (χ2n) is 2.39. The topological polar surface area (TPSA) is 37.3 Å². The number of hydrogen-bond acceptors (Lipinski definition) is 1. The molecule has 1 aromatic rings. The number of carbonyl (C=O) groups is 1. The fourth-order valence-electron chi connectivity index (χ4n) is 0.783. The number of carboxylic acids is 1. The Morgan fingerprint density at radius 1 is 1.29 bits per heavy atom. The number of halogens is 4. The largest absolute Gasteiger partial charge is 0.477 e. The van der Waals surface area contributed by atoms with E-state index in [2.05, 4.69) is 0 Å². The van der Waals surface area contributed by atoms with Gasteiger partial charge in [0.15, 0.2) is 0 Å². The van der Waals surface area contributed by atoms with Gasteiger partial charge in [0.25, 0.3) is 0 Å². The summed E-state index contributed by atoms with van der Waals surface area (Å²) < 4.78 is 25.5. The van der Waals surface area contributed by atoms with Crippen molar-refractivity contribution in [1.29, 1.82) is 0 Å². The number of alkyl halides is 2. The minimum absolute atomic E-state index is 0. The standard InChI is InChI=1S/C8H5ClF2O2.ClH/c9-6-3-1-5(2-4-6)8(10,11)7(12)13;/h1-4H,(H,12,13);1H. The van der Waals surface area contributed by atoms with E-state index in [0.717, 1.165) is 12.1 Å². The molecule has 0 aliphatic heterocycles. The minimum Gasteiger partial charge on any atom is -0.477 e. The molecule has 1 rings (SSSR count). The Hall–Kier alpha value is -0.870. The first kappa shape index (κ1) is 13.1. The third kappa shape index (κ3) is 2.56. The summed E-state index contributed by atoms with van der Waals surface area (Å²) in [6, 6.07) is 4.40. The molecule has 0 saturated carbocycles. The molecule has 0 saturated heterocycles. The Kier molecular flexibility index (Phi) is 4.29. The van der Waals surface area contributed by atoms with Gasteiger partial charge in [0.1, 0.15) is 0 Å². The van der Waals surface area contributed by atoms with E-state index in [0.29, 0.717) is 0 Å². The van der Waals surface area contributed by atoms with Gasteiger partial charge in [-0.05, 0) is 12.1 Å². The summed E-state index contributed by atoms with van der Waals surface area (Å²) in [5, 5.41) is 8.46. The predicted octanol–water partition coefficient (Wildman–Crippen LogP) is 2.94. The zero-order valence-electron chi connectivity index (χ0n) is 6.71. The minimum atomic E-state index is -3.86. The smallest absolute Gasteiger partial charge is 0.379 e. The van der Waals surface area contributed by atoms with Crippen LogP contribution in [0.15, 0.2) is 24.3 Å². The first-order valence-electron chi connectivity index (χ1n) is 3.32. The van der Waals surface area contributed by atoms with Gasteiger partial charge >= 0.3 is 11.9 Å². The van der Waals surface area contributed by atoms with Gasteiger partial charge in [0.05, 0.1) is 0 Å². The zero-order chi connectivity index (χ0) is 10.1. The highest BCUT2D eigenvalue weighted by molar-refractivity contribution is 6.30. The summed E-state index contributed by atoms with van der Waals surface area (Å²) in [4.78, 5) is 10.1. The van der Waals surface area contributed by atoms with Crippen molar-refractivity contribution < 1.29 is 18.7 Å². The number of carboxylic acid groups (broad SMARTS) is 1. The first-order valence-corrected chi connectivity index (χ1v) is 3.69. The second-order valence-corrected chi connectivity index (χ2v) is 2.82. The van der Waals surface area contributed by atoms with Crippen molar-refractivity contribution in [2.75, 3.05) is 0 Å². The fraction of sp³-hybridized carbons (Fsp3) is 0.125. The summed E-state index contributed by atoms with van der Waals surface area (Å²) in [6.07, 6.45) is 0. The third-order valence-electron chi connectivity index (χ3n) is 1.48. The van der Waals surface area contributed by atoms with E-state index in [1.54, 1.807) is 0 Å². The van der Waals surface area contributed by atoms with Crippen molar-refractivity contribution in [3.8, 4) is 0 Å². The summed E-state index contributed by atoms with van der Waals surface area (Å²) >= 11 is 5.45. The number of hydrogen-bond donors (Lipinski definition) is 1. The van der Waals surface area contributed by atoms with Crippen molar-refractivity contribution in [2.45, 2.75) is 5.92 Å². The molecule has 0 spiro atoms. The van der Waals surface area contributed by atoms with Crippen molar-refractivity contribution in [1.82, 2.24) is 0 Å². The molecule has 14 heavy (non-hydrogen) atoms. The lowest BCUT2D eigenvalue weighted by Gasteiger charge is -2.10. The maximum atomic E-state index is 12.8. The Morgan fingerprint density at radius 2 is 1.71 bits per heavy atom. The summed E-state index contributed by atoms with van der Waals surface area (Å²) in [6.45, 7) is 0. The summed E-state index contributed by atoms with van der Waals surface area (Å²) in [5.41, 5.74) is -0.579. The lowest BCUT2D eigenvalue weighted by Crippen LogP contribution is -2.25. The van der Waals surface area contributed by atoms with E-state index < -0.39 is 17.5 Å². The van der Waals surface area contributed by atoms with Crippen LogP contribution in [-0.4, -0.2) is 11.1 Å². The van der Waals surface area contributed by atoms with E-state index in [4.69, 9.17) is 16.7 Å². The molecular formula is C8H6Cl2F2O2.